The molecule has 188 valence electrons. The number of ether oxygens (including phenoxy) is 4. The van der Waals surface area contributed by atoms with Gasteiger partial charge in [0.25, 0.3) is 0 Å². The molecule has 6 heteroatoms. The van der Waals surface area contributed by atoms with Crippen molar-refractivity contribution in [2.45, 2.75) is 44.5 Å². The zero-order valence-electron chi connectivity index (χ0n) is 20.5. The zero-order valence-corrected chi connectivity index (χ0v) is 20.5. The number of hydrogen-bond donors (Lipinski definition) is 1. The second-order valence-electron chi connectivity index (χ2n) is 8.75. The fourth-order valence-corrected chi connectivity index (χ4v) is 4.24. The van der Waals surface area contributed by atoms with Gasteiger partial charge in [0.15, 0.2) is 0 Å². The van der Waals surface area contributed by atoms with E-state index in [-0.39, 0.29) is 18.2 Å². The Morgan fingerprint density at radius 2 is 1.28 bits per heavy atom. The normalized spacial score (nSPS) is 19.4. The maximum absolute atomic E-state index is 12.0. The van der Waals surface area contributed by atoms with Crippen molar-refractivity contribution in [3.63, 3.8) is 0 Å². The number of rotatable bonds is 11. The topological polar surface area (TPSA) is 66.0 Å². The Labute approximate surface area is 212 Å². The van der Waals surface area contributed by atoms with Gasteiger partial charge in [-0.05, 0) is 22.3 Å². The number of hydrogen-bond acceptors (Lipinski definition) is 5. The summed E-state index contributed by atoms with van der Waals surface area (Å²) in [6, 6.07) is 29.9. The second-order valence-corrected chi connectivity index (χ2v) is 8.75. The van der Waals surface area contributed by atoms with Crippen LogP contribution in [-0.2, 0) is 38.8 Å². The van der Waals surface area contributed by atoms with Crippen LogP contribution in [0.5, 0.6) is 0 Å². The first-order valence-corrected chi connectivity index (χ1v) is 12.2. The van der Waals surface area contributed by atoms with Crippen LogP contribution in [0.2, 0.25) is 0 Å². The van der Waals surface area contributed by atoms with Crippen LogP contribution in [0.1, 0.15) is 23.1 Å². The van der Waals surface area contributed by atoms with Gasteiger partial charge in [0, 0.05) is 6.42 Å². The molecule has 1 aliphatic carbocycles. The molecule has 0 saturated heterocycles. The molecule has 3 atom stereocenters. The first-order valence-electron chi connectivity index (χ1n) is 12.2. The second kappa shape index (κ2) is 13.6. The molecule has 1 aliphatic rings. The van der Waals surface area contributed by atoms with E-state index < -0.39 is 6.09 Å². The smallest absolute Gasteiger partial charge is 0.407 e. The maximum atomic E-state index is 12.0. The molecule has 0 aliphatic heterocycles. The van der Waals surface area contributed by atoms with E-state index in [1.165, 1.54) is 7.11 Å². The highest BCUT2D eigenvalue weighted by atomic mass is 16.5. The number of amides is 1. The summed E-state index contributed by atoms with van der Waals surface area (Å²) in [5.74, 6) is 0. The van der Waals surface area contributed by atoms with Gasteiger partial charge in [0.2, 0.25) is 0 Å². The summed E-state index contributed by atoms with van der Waals surface area (Å²) in [6.45, 7) is 1.73. The van der Waals surface area contributed by atoms with E-state index in [2.05, 4.69) is 5.32 Å². The van der Waals surface area contributed by atoms with Gasteiger partial charge in [-0.15, -0.1) is 0 Å². The molecular weight excluding hydrogens is 454 g/mol. The maximum Gasteiger partial charge on any atom is 0.407 e. The van der Waals surface area contributed by atoms with Crippen LogP contribution in [-0.4, -0.2) is 38.1 Å². The fourth-order valence-electron chi connectivity index (χ4n) is 4.24. The highest BCUT2D eigenvalue weighted by Crippen LogP contribution is 2.28. The molecule has 4 rings (SSSR count). The summed E-state index contributed by atoms with van der Waals surface area (Å²) in [5, 5.41) is 2.90. The monoisotopic (exact) mass is 487 g/mol. The third kappa shape index (κ3) is 7.78. The third-order valence-electron chi connectivity index (χ3n) is 6.05. The molecule has 0 fully saturated rings. The Hall–Kier alpha value is -3.45. The van der Waals surface area contributed by atoms with Crippen LogP contribution in [0.15, 0.2) is 103 Å². The van der Waals surface area contributed by atoms with Gasteiger partial charge in [0.1, 0.15) is 6.10 Å². The highest BCUT2D eigenvalue weighted by Gasteiger charge is 2.34. The Morgan fingerprint density at radius 1 is 0.750 bits per heavy atom. The van der Waals surface area contributed by atoms with Gasteiger partial charge in [-0.25, -0.2) is 4.79 Å². The molecule has 0 heterocycles. The van der Waals surface area contributed by atoms with Crippen LogP contribution < -0.4 is 5.32 Å². The Morgan fingerprint density at radius 3 is 1.83 bits per heavy atom. The summed E-state index contributed by atoms with van der Waals surface area (Å²) < 4.78 is 23.8. The predicted molar refractivity (Wildman–Crippen MR) is 138 cm³/mol. The van der Waals surface area contributed by atoms with Crippen LogP contribution in [0.3, 0.4) is 0 Å². The van der Waals surface area contributed by atoms with E-state index in [1.54, 1.807) is 0 Å². The van der Waals surface area contributed by atoms with E-state index in [0.717, 1.165) is 22.3 Å². The molecule has 6 nitrogen and oxygen atoms in total. The summed E-state index contributed by atoms with van der Waals surface area (Å²) >= 11 is 0. The van der Waals surface area contributed by atoms with Crippen molar-refractivity contribution in [2.24, 2.45) is 0 Å². The molecule has 0 saturated carbocycles. The molecule has 0 radical (unpaired) electrons. The van der Waals surface area contributed by atoms with E-state index in [4.69, 9.17) is 18.9 Å². The molecule has 3 aromatic rings. The van der Waals surface area contributed by atoms with Crippen molar-refractivity contribution in [1.29, 1.82) is 0 Å². The summed E-state index contributed by atoms with van der Waals surface area (Å²) in [6.07, 6.45) is 1.49. The van der Waals surface area contributed by atoms with Gasteiger partial charge in [-0.3, -0.25) is 0 Å². The summed E-state index contributed by atoms with van der Waals surface area (Å²) in [4.78, 5) is 12.0. The van der Waals surface area contributed by atoms with Crippen molar-refractivity contribution < 1.29 is 23.7 Å². The average molecular weight is 488 g/mol. The molecule has 0 bridgehead atoms. The Balaban J connectivity index is 1.52. The standard InChI is InChI=1S/C30H33NO5/c1-33-30(32)31-27-17-26(22-34-19-23-11-5-2-6-12-23)29(36-21-25-15-9-4-10-16-25)28(18-27)35-20-24-13-7-3-8-14-24/h2-17,27-29H,18-22H2,1H3,(H,31,32)/t27-,28+,29+/m0/s1. The third-order valence-corrected chi connectivity index (χ3v) is 6.05. The number of benzene rings is 3. The summed E-state index contributed by atoms with van der Waals surface area (Å²) in [7, 11) is 1.36. The van der Waals surface area contributed by atoms with Crippen molar-refractivity contribution in [2.75, 3.05) is 13.7 Å². The largest absolute Gasteiger partial charge is 0.453 e. The number of methoxy groups -OCH3 is 1. The minimum Gasteiger partial charge on any atom is -0.453 e. The van der Waals surface area contributed by atoms with E-state index in [9.17, 15) is 4.79 Å². The molecule has 1 N–H and O–H groups in total. The summed E-state index contributed by atoms with van der Waals surface area (Å²) in [5.41, 5.74) is 4.19. The van der Waals surface area contributed by atoms with Crippen LogP contribution in [0.4, 0.5) is 4.79 Å². The first-order chi connectivity index (χ1) is 17.7. The molecule has 0 spiro atoms. The lowest BCUT2D eigenvalue weighted by atomic mass is 9.90. The highest BCUT2D eigenvalue weighted by molar-refractivity contribution is 5.67. The Bertz CT molecular complexity index is 1090. The lowest BCUT2D eigenvalue weighted by Crippen LogP contribution is -2.46. The van der Waals surface area contributed by atoms with E-state index in [1.807, 2.05) is 97.1 Å². The van der Waals surface area contributed by atoms with Crippen LogP contribution in [0.25, 0.3) is 0 Å². The van der Waals surface area contributed by atoms with Crippen molar-refractivity contribution in [3.8, 4) is 0 Å². The molecule has 36 heavy (non-hydrogen) atoms. The van der Waals surface area contributed by atoms with Gasteiger partial charge in [-0.2, -0.15) is 0 Å². The number of carbonyl (C=O) groups excluding carboxylic acids is 1. The van der Waals surface area contributed by atoms with Gasteiger partial charge in [-0.1, -0.05) is 97.1 Å². The van der Waals surface area contributed by atoms with E-state index in [0.29, 0.717) is 32.8 Å². The van der Waals surface area contributed by atoms with Gasteiger partial charge >= 0.3 is 6.09 Å². The lowest BCUT2D eigenvalue weighted by Gasteiger charge is -2.36. The fraction of sp³-hybridized carbons (Fsp3) is 0.300. The van der Waals surface area contributed by atoms with Crippen LogP contribution in [0, 0.1) is 0 Å². The van der Waals surface area contributed by atoms with Crippen molar-refractivity contribution >= 4 is 6.09 Å². The number of nitrogens with one attached hydrogen (secondary N) is 1. The van der Waals surface area contributed by atoms with Crippen LogP contribution >= 0.6 is 0 Å². The van der Waals surface area contributed by atoms with Gasteiger partial charge in [0.05, 0.1) is 45.7 Å². The first kappa shape index (κ1) is 25.6. The SMILES string of the molecule is COC(=O)N[C@H]1C=C(COCc2ccccc2)[C@@H](OCc2ccccc2)[C@H](OCc2ccccc2)C1. The molecule has 0 aromatic heterocycles. The lowest BCUT2D eigenvalue weighted by molar-refractivity contribution is -0.0838. The number of carbonyl (C=O) groups is 1. The van der Waals surface area contributed by atoms with Crippen molar-refractivity contribution in [3.05, 3.63) is 119 Å². The van der Waals surface area contributed by atoms with Gasteiger partial charge < -0.3 is 24.3 Å². The minimum atomic E-state index is -0.480. The molecule has 3 aromatic carbocycles. The van der Waals surface area contributed by atoms with Crippen molar-refractivity contribution in [1.82, 2.24) is 5.32 Å². The molecular formula is C30H33NO5. The number of alkyl carbamates (subject to hydrolysis) is 1. The van der Waals surface area contributed by atoms with E-state index >= 15 is 0 Å². The molecule has 0 unspecified atom stereocenters. The Kier molecular flexibility index (Phi) is 9.68. The average Bonchev–Trinajstić information content (AvgIpc) is 2.93. The predicted octanol–water partition coefficient (Wildman–Crippen LogP) is 5.43. The minimum absolute atomic E-state index is 0.259. The zero-order chi connectivity index (χ0) is 25.0. The molecule has 1 amide bonds. The quantitative estimate of drug-likeness (QED) is 0.366.